The first kappa shape index (κ1) is 14.2. The van der Waals surface area contributed by atoms with Crippen LogP contribution < -0.4 is 5.32 Å². The molecule has 0 radical (unpaired) electrons. The molecule has 0 aliphatic rings. The van der Waals surface area contributed by atoms with Crippen molar-refractivity contribution >= 4 is 11.8 Å². The van der Waals surface area contributed by atoms with Gasteiger partial charge in [-0.1, -0.05) is 17.7 Å². The molecule has 1 aromatic rings. The third-order valence-corrected chi connectivity index (χ3v) is 2.58. The summed E-state index contributed by atoms with van der Waals surface area (Å²) in [6.07, 6.45) is 0. The fraction of sp³-hybridized carbons (Fsp3) is 0.385. The van der Waals surface area contributed by atoms with E-state index < -0.39 is 6.04 Å². The van der Waals surface area contributed by atoms with Gasteiger partial charge in [0.25, 0.3) is 11.8 Å². The van der Waals surface area contributed by atoms with Gasteiger partial charge in [-0.05, 0) is 26.0 Å². The number of amides is 2. The van der Waals surface area contributed by atoms with Gasteiger partial charge in [-0.3, -0.25) is 14.4 Å². The molecule has 5 nitrogen and oxygen atoms in total. The maximum absolute atomic E-state index is 11.9. The first-order valence-corrected chi connectivity index (χ1v) is 5.65. The Labute approximate surface area is 107 Å². The first-order chi connectivity index (χ1) is 8.45. The quantitative estimate of drug-likeness (QED) is 0.815. The molecule has 0 bridgehead atoms. The molecular formula is C13H18N2O3. The molecule has 0 spiro atoms. The van der Waals surface area contributed by atoms with Crippen molar-refractivity contribution in [1.82, 2.24) is 10.4 Å². The predicted molar refractivity (Wildman–Crippen MR) is 67.9 cm³/mol. The lowest BCUT2D eigenvalue weighted by Crippen LogP contribution is -2.45. The van der Waals surface area contributed by atoms with Crippen LogP contribution in [0.5, 0.6) is 0 Å². The molecule has 1 aromatic carbocycles. The van der Waals surface area contributed by atoms with Crippen LogP contribution in [-0.4, -0.2) is 37.1 Å². The molecule has 1 atom stereocenters. The van der Waals surface area contributed by atoms with Crippen molar-refractivity contribution in [2.24, 2.45) is 0 Å². The molecule has 0 saturated carbocycles. The number of hydroxylamine groups is 2. The van der Waals surface area contributed by atoms with E-state index in [4.69, 9.17) is 4.84 Å². The Morgan fingerprint density at radius 1 is 1.39 bits per heavy atom. The van der Waals surface area contributed by atoms with Crippen molar-refractivity contribution in [2.75, 3.05) is 14.2 Å². The van der Waals surface area contributed by atoms with Crippen LogP contribution in [0.15, 0.2) is 24.3 Å². The SMILES string of the molecule is CON(C)C(=O)C(C)NC(=O)c1cccc(C)c1. The zero-order chi connectivity index (χ0) is 13.7. The van der Waals surface area contributed by atoms with Crippen LogP contribution in [0.2, 0.25) is 0 Å². The standard InChI is InChI=1S/C13H18N2O3/c1-9-6-5-7-11(8-9)12(16)14-10(2)13(17)15(3)18-4/h5-8,10H,1-4H3,(H,14,16). The second kappa shape index (κ2) is 6.16. The second-order valence-corrected chi connectivity index (χ2v) is 4.08. The highest BCUT2D eigenvalue weighted by Crippen LogP contribution is 2.04. The first-order valence-electron chi connectivity index (χ1n) is 5.65. The van der Waals surface area contributed by atoms with Crippen LogP contribution in [0.3, 0.4) is 0 Å². The normalized spacial score (nSPS) is 11.8. The number of rotatable bonds is 4. The Balaban J connectivity index is 2.68. The third-order valence-electron chi connectivity index (χ3n) is 2.58. The van der Waals surface area contributed by atoms with E-state index in [1.807, 2.05) is 13.0 Å². The highest BCUT2D eigenvalue weighted by atomic mass is 16.7. The topological polar surface area (TPSA) is 58.6 Å². The largest absolute Gasteiger partial charge is 0.340 e. The average Bonchev–Trinajstić information content (AvgIpc) is 2.36. The van der Waals surface area contributed by atoms with Crippen molar-refractivity contribution in [2.45, 2.75) is 19.9 Å². The summed E-state index contributed by atoms with van der Waals surface area (Å²) in [5, 5.41) is 3.71. The summed E-state index contributed by atoms with van der Waals surface area (Å²) >= 11 is 0. The molecule has 0 fully saturated rings. The van der Waals surface area contributed by atoms with Crippen LogP contribution >= 0.6 is 0 Å². The van der Waals surface area contributed by atoms with E-state index >= 15 is 0 Å². The van der Waals surface area contributed by atoms with Gasteiger partial charge in [0.15, 0.2) is 0 Å². The highest BCUT2D eigenvalue weighted by Gasteiger charge is 2.20. The molecule has 1 N–H and O–H groups in total. The minimum Gasteiger partial charge on any atom is -0.340 e. The van der Waals surface area contributed by atoms with Gasteiger partial charge in [0.1, 0.15) is 6.04 Å². The van der Waals surface area contributed by atoms with Gasteiger partial charge in [0.05, 0.1) is 7.11 Å². The number of aryl methyl sites for hydroxylation is 1. The van der Waals surface area contributed by atoms with E-state index in [0.29, 0.717) is 5.56 Å². The van der Waals surface area contributed by atoms with Crippen molar-refractivity contribution < 1.29 is 14.4 Å². The van der Waals surface area contributed by atoms with Crippen LogP contribution in [0.25, 0.3) is 0 Å². The van der Waals surface area contributed by atoms with E-state index in [0.717, 1.165) is 10.6 Å². The van der Waals surface area contributed by atoms with Gasteiger partial charge in [0.2, 0.25) is 0 Å². The number of likely N-dealkylation sites (N-methyl/N-ethyl adjacent to an activating group) is 1. The van der Waals surface area contributed by atoms with E-state index in [2.05, 4.69) is 5.32 Å². The number of hydrogen-bond donors (Lipinski definition) is 1. The molecule has 18 heavy (non-hydrogen) atoms. The summed E-state index contributed by atoms with van der Waals surface area (Å²) in [4.78, 5) is 28.4. The number of nitrogens with zero attached hydrogens (tertiary/aromatic N) is 1. The molecule has 1 unspecified atom stereocenters. The molecule has 5 heteroatoms. The minimum atomic E-state index is -0.636. The lowest BCUT2D eigenvalue weighted by atomic mass is 10.1. The number of carbonyl (C=O) groups excluding carboxylic acids is 2. The Kier molecular flexibility index (Phi) is 4.85. The van der Waals surface area contributed by atoms with Crippen LogP contribution in [0.4, 0.5) is 0 Å². The minimum absolute atomic E-state index is 0.274. The number of hydrogen-bond acceptors (Lipinski definition) is 3. The molecule has 98 valence electrons. The molecule has 0 aliphatic carbocycles. The van der Waals surface area contributed by atoms with Crippen molar-refractivity contribution in [3.05, 3.63) is 35.4 Å². The predicted octanol–water partition coefficient (Wildman–Crippen LogP) is 1.13. The third kappa shape index (κ3) is 3.56. The van der Waals surface area contributed by atoms with Crippen LogP contribution in [0, 0.1) is 6.92 Å². The summed E-state index contributed by atoms with van der Waals surface area (Å²) in [5.74, 6) is -0.581. The number of benzene rings is 1. The Morgan fingerprint density at radius 2 is 2.06 bits per heavy atom. The van der Waals surface area contributed by atoms with Crippen LogP contribution in [-0.2, 0) is 9.63 Å². The summed E-state index contributed by atoms with van der Waals surface area (Å²) in [7, 11) is 2.89. The Bertz CT molecular complexity index is 446. The van der Waals surface area contributed by atoms with E-state index in [9.17, 15) is 9.59 Å². The molecule has 2 amide bonds. The molecule has 1 rings (SSSR count). The Morgan fingerprint density at radius 3 is 2.61 bits per heavy atom. The van der Waals surface area contributed by atoms with E-state index in [-0.39, 0.29) is 11.8 Å². The second-order valence-electron chi connectivity index (χ2n) is 4.08. The highest BCUT2D eigenvalue weighted by molar-refractivity contribution is 5.97. The Hall–Kier alpha value is -1.88. The van der Waals surface area contributed by atoms with Crippen LogP contribution in [0.1, 0.15) is 22.8 Å². The molecular weight excluding hydrogens is 232 g/mol. The fourth-order valence-electron chi connectivity index (χ4n) is 1.49. The van der Waals surface area contributed by atoms with Crippen molar-refractivity contribution in [1.29, 1.82) is 0 Å². The van der Waals surface area contributed by atoms with Gasteiger partial charge in [-0.25, -0.2) is 5.06 Å². The van der Waals surface area contributed by atoms with Gasteiger partial charge >= 0.3 is 0 Å². The summed E-state index contributed by atoms with van der Waals surface area (Å²) in [6, 6.07) is 6.55. The zero-order valence-electron chi connectivity index (χ0n) is 11.1. The number of carbonyl (C=O) groups is 2. The number of nitrogens with one attached hydrogen (secondary N) is 1. The van der Waals surface area contributed by atoms with E-state index in [1.165, 1.54) is 14.2 Å². The van der Waals surface area contributed by atoms with E-state index in [1.54, 1.807) is 25.1 Å². The molecule has 0 saturated heterocycles. The van der Waals surface area contributed by atoms with Crippen molar-refractivity contribution in [3.8, 4) is 0 Å². The van der Waals surface area contributed by atoms with Crippen molar-refractivity contribution in [3.63, 3.8) is 0 Å². The zero-order valence-corrected chi connectivity index (χ0v) is 11.1. The molecule has 0 aliphatic heterocycles. The lowest BCUT2D eigenvalue weighted by molar-refractivity contribution is -0.170. The van der Waals surface area contributed by atoms with Gasteiger partial charge in [0, 0.05) is 12.6 Å². The van der Waals surface area contributed by atoms with Gasteiger partial charge < -0.3 is 5.32 Å². The monoisotopic (exact) mass is 250 g/mol. The summed E-state index contributed by atoms with van der Waals surface area (Å²) in [6.45, 7) is 3.52. The maximum Gasteiger partial charge on any atom is 0.268 e. The fourth-order valence-corrected chi connectivity index (χ4v) is 1.49. The molecule has 0 heterocycles. The summed E-state index contributed by atoms with van der Waals surface area (Å²) < 4.78 is 0. The van der Waals surface area contributed by atoms with Gasteiger partial charge in [-0.15, -0.1) is 0 Å². The smallest absolute Gasteiger partial charge is 0.268 e. The maximum atomic E-state index is 11.9. The average molecular weight is 250 g/mol. The lowest BCUT2D eigenvalue weighted by Gasteiger charge is -2.19. The summed E-state index contributed by atoms with van der Waals surface area (Å²) in [5.41, 5.74) is 1.53. The molecule has 0 aromatic heterocycles. The van der Waals surface area contributed by atoms with Gasteiger partial charge in [-0.2, -0.15) is 0 Å².